The maximum atomic E-state index is 9.33. The van der Waals surface area contributed by atoms with Gasteiger partial charge in [0.25, 0.3) is 0 Å². The van der Waals surface area contributed by atoms with Gasteiger partial charge in [0, 0.05) is 6.54 Å². The number of hydrogen-bond acceptors (Lipinski definition) is 2. The van der Waals surface area contributed by atoms with Gasteiger partial charge in [0.15, 0.2) is 0 Å². The predicted octanol–water partition coefficient (Wildman–Crippen LogP) is 2.60. The highest BCUT2D eigenvalue weighted by molar-refractivity contribution is 5.32. The third kappa shape index (κ3) is 2.57. The number of nitrogens with zero attached hydrogens (tertiary/aromatic N) is 1. The number of unbranched alkanes of at least 4 members (excludes halogenated alkanes) is 1. The van der Waals surface area contributed by atoms with Crippen molar-refractivity contribution in [3.8, 4) is 6.07 Å². The molecule has 0 aliphatic carbocycles. The third-order valence-electron chi connectivity index (χ3n) is 2.85. The van der Waals surface area contributed by atoms with Crippen molar-refractivity contribution >= 4 is 0 Å². The molecule has 0 saturated heterocycles. The zero-order valence-corrected chi connectivity index (χ0v) is 9.24. The van der Waals surface area contributed by atoms with Gasteiger partial charge < -0.3 is 5.73 Å². The van der Waals surface area contributed by atoms with Gasteiger partial charge in [-0.05, 0) is 12.0 Å². The first-order chi connectivity index (χ1) is 7.29. The maximum Gasteiger partial charge on any atom is 0.0944 e. The van der Waals surface area contributed by atoms with Crippen molar-refractivity contribution in [2.24, 2.45) is 5.73 Å². The molecule has 2 heteroatoms. The van der Waals surface area contributed by atoms with Gasteiger partial charge in [-0.2, -0.15) is 5.26 Å². The molecule has 0 fully saturated rings. The number of hydrogen-bond donors (Lipinski definition) is 1. The zero-order chi connectivity index (χ0) is 11.1. The van der Waals surface area contributed by atoms with Gasteiger partial charge in [0.1, 0.15) is 0 Å². The summed E-state index contributed by atoms with van der Waals surface area (Å²) in [4.78, 5) is 0. The minimum Gasteiger partial charge on any atom is -0.329 e. The molecule has 1 unspecified atom stereocenters. The van der Waals surface area contributed by atoms with Crippen molar-refractivity contribution in [3.63, 3.8) is 0 Å². The minimum atomic E-state index is -0.489. The van der Waals surface area contributed by atoms with Gasteiger partial charge in [-0.15, -0.1) is 0 Å². The summed E-state index contributed by atoms with van der Waals surface area (Å²) in [5, 5.41) is 9.33. The van der Waals surface area contributed by atoms with Crippen molar-refractivity contribution in [1.29, 1.82) is 5.26 Å². The van der Waals surface area contributed by atoms with E-state index in [0.29, 0.717) is 6.54 Å². The van der Waals surface area contributed by atoms with Crippen LogP contribution in [0.2, 0.25) is 0 Å². The molecule has 0 amide bonds. The molecule has 2 N–H and O–H groups in total. The normalized spacial score (nSPS) is 14.2. The predicted molar refractivity (Wildman–Crippen MR) is 62.3 cm³/mol. The fourth-order valence-electron chi connectivity index (χ4n) is 1.77. The Morgan fingerprint density at radius 3 is 2.47 bits per heavy atom. The Hall–Kier alpha value is -1.33. The van der Waals surface area contributed by atoms with E-state index in [2.05, 4.69) is 13.0 Å². The monoisotopic (exact) mass is 202 g/mol. The topological polar surface area (TPSA) is 49.8 Å². The molecule has 0 bridgehead atoms. The van der Waals surface area contributed by atoms with E-state index < -0.39 is 5.41 Å². The lowest BCUT2D eigenvalue weighted by molar-refractivity contribution is 0.489. The molecule has 0 aromatic heterocycles. The SMILES string of the molecule is CCCCC(C#N)(CN)c1ccccc1. The third-order valence-corrected chi connectivity index (χ3v) is 2.85. The second-order valence-electron chi connectivity index (χ2n) is 3.87. The Balaban J connectivity index is 2.96. The number of rotatable bonds is 5. The van der Waals surface area contributed by atoms with E-state index in [0.717, 1.165) is 24.8 Å². The van der Waals surface area contributed by atoms with Crippen LogP contribution in [0.25, 0.3) is 0 Å². The molecule has 0 aliphatic rings. The Bertz CT molecular complexity index is 326. The molecular formula is C13H18N2. The molecule has 15 heavy (non-hydrogen) atoms. The highest BCUT2D eigenvalue weighted by Gasteiger charge is 2.29. The van der Waals surface area contributed by atoms with Crippen LogP contribution >= 0.6 is 0 Å². The summed E-state index contributed by atoms with van der Waals surface area (Å²) in [7, 11) is 0. The lowest BCUT2D eigenvalue weighted by Crippen LogP contribution is -2.33. The second kappa shape index (κ2) is 5.53. The molecule has 0 saturated carbocycles. The summed E-state index contributed by atoms with van der Waals surface area (Å²) in [6.07, 6.45) is 2.98. The van der Waals surface area contributed by atoms with Crippen molar-refractivity contribution < 1.29 is 0 Å². The first kappa shape index (κ1) is 11.7. The Kier molecular flexibility index (Phi) is 4.33. The quantitative estimate of drug-likeness (QED) is 0.797. The Labute approximate surface area is 91.7 Å². The number of nitriles is 1. The number of benzene rings is 1. The van der Waals surface area contributed by atoms with E-state index in [4.69, 9.17) is 5.73 Å². The maximum absolute atomic E-state index is 9.33. The van der Waals surface area contributed by atoms with Crippen LogP contribution in [0.5, 0.6) is 0 Å². The van der Waals surface area contributed by atoms with Crippen LogP contribution in [0.4, 0.5) is 0 Å². The largest absolute Gasteiger partial charge is 0.329 e. The molecule has 2 nitrogen and oxygen atoms in total. The van der Waals surface area contributed by atoms with Gasteiger partial charge in [-0.1, -0.05) is 50.1 Å². The van der Waals surface area contributed by atoms with Crippen LogP contribution in [0, 0.1) is 11.3 Å². The average Bonchev–Trinajstić information content (AvgIpc) is 2.33. The Morgan fingerprint density at radius 2 is 2.00 bits per heavy atom. The highest BCUT2D eigenvalue weighted by atomic mass is 14.6. The van der Waals surface area contributed by atoms with Crippen LogP contribution < -0.4 is 5.73 Å². The van der Waals surface area contributed by atoms with Gasteiger partial charge in [0.05, 0.1) is 11.5 Å². The molecule has 0 radical (unpaired) electrons. The molecule has 1 rings (SSSR count). The van der Waals surface area contributed by atoms with E-state index in [1.165, 1.54) is 0 Å². The minimum absolute atomic E-state index is 0.396. The summed E-state index contributed by atoms with van der Waals surface area (Å²) in [5.74, 6) is 0. The van der Waals surface area contributed by atoms with E-state index >= 15 is 0 Å². The molecule has 1 atom stereocenters. The summed E-state index contributed by atoms with van der Waals surface area (Å²) >= 11 is 0. The first-order valence-corrected chi connectivity index (χ1v) is 5.46. The molecule has 1 aromatic carbocycles. The van der Waals surface area contributed by atoms with Gasteiger partial charge in [0.2, 0.25) is 0 Å². The van der Waals surface area contributed by atoms with Crippen LogP contribution in [-0.2, 0) is 5.41 Å². The fourth-order valence-corrected chi connectivity index (χ4v) is 1.77. The molecule has 0 heterocycles. The summed E-state index contributed by atoms with van der Waals surface area (Å²) in [5.41, 5.74) is 6.32. The van der Waals surface area contributed by atoms with Gasteiger partial charge in [-0.3, -0.25) is 0 Å². The molecular weight excluding hydrogens is 184 g/mol. The van der Waals surface area contributed by atoms with Crippen LogP contribution in [0.3, 0.4) is 0 Å². The molecule has 0 aliphatic heterocycles. The molecule has 80 valence electrons. The average molecular weight is 202 g/mol. The van der Waals surface area contributed by atoms with E-state index in [1.54, 1.807) is 0 Å². The van der Waals surface area contributed by atoms with Crippen LogP contribution in [0.15, 0.2) is 30.3 Å². The van der Waals surface area contributed by atoms with Gasteiger partial charge in [-0.25, -0.2) is 0 Å². The fraction of sp³-hybridized carbons (Fsp3) is 0.462. The first-order valence-electron chi connectivity index (χ1n) is 5.46. The summed E-state index contributed by atoms with van der Waals surface area (Å²) < 4.78 is 0. The van der Waals surface area contributed by atoms with E-state index in [1.807, 2.05) is 30.3 Å². The van der Waals surface area contributed by atoms with Crippen molar-refractivity contribution in [3.05, 3.63) is 35.9 Å². The van der Waals surface area contributed by atoms with Crippen molar-refractivity contribution in [2.75, 3.05) is 6.54 Å². The van der Waals surface area contributed by atoms with Gasteiger partial charge >= 0.3 is 0 Å². The lowest BCUT2D eigenvalue weighted by atomic mass is 9.78. The summed E-state index contributed by atoms with van der Waals surface area (Å²) in [6, 6.07) is 12.3. The Morgan fingerprint density at radius 1 is 1.33 bits per heavy atom. The summed E-state index contributed by atoms with van der Waals surface area (Å²) in [6.45, 7) is 2.52. The van der Waals surface area contributed by atoms with Crippen LogP contribution in [0.1, 0.15) is 31.7 Å². The molecule has 1 aromatic rings. The highest BCUT2D eigenvalue weighted by Crippen LogP contribution is 2.28. The smallest absolute Gasteiger partial charge is 0.0944 e. The van der Waals surface area contributed by atoms with Crippen molar-refractivity contribution in [2.45, 2.75) is 31.6 Å². The van der Waals surface area contributed by atoms with E-state index in [9.17, 15) is 5.26 Å². The van der Waals surface area contributed by atoms with Crippen LogP contribution in [-0.4, -0.2) is 6.54 Å². The molecule has 0 spiro atoms. The zero-order valence-electron chi connectivity index (χ0n) is 9.24. The number of nitrogens with two attached hydrogens (primary N) is 1. The lowest BCUT2D eigenvalue weighted by Gasteiger charge is -2.25. The standard InChI is InChI=1S/C13H18N2/c1-2-3-9-13(10-14,11-15)12-7-5-4-6-8-12/h4-8H,2-3,9-10,14H2,1H3. The van der Waals surface area contributed by atoms with E-state index in [-0.39, 0.29) is 0 Å². The van der Waals surface area contributed by atoms with Crippen molar-refractivity contribution in [1.82, 2.24) is 0 Å². The second-order valence-corrected chi connectivity index (χ2v) is 3.87.